The standard InChI is InChI=1S/C12H14N4O3/c1-16(18-2)11(17)4-3-10-14-12(15-19-10)9-5-7-13-8-6-9/h5-8H,3-4H2,1-2H3. The first-order valence-corrected chi connectivity index (χ1v) is 5.74. The molecule has 0 atom stereocenters. The van der Waals surface area contributed by atoms with E-state index in [2.05, 4.69) is 15.1 Å². The Kier molecular flexibility index (Phi) is 4.19. The van der Waals surface area contributed by atoms with Crippen molar-refractivity contribution in [2.24, 2.45) is 0 Å². The van der Waals surface area contributed by atoms with E-state index in [1.807, 2.05) is 0 Å². The lowest BCUT2D eigenvalue weighted by molar-refractivity contribution is -0.168. The van der Waals surface area contributed by atoms with Crippen LogP contribution < -0.4 is 0 Å². The molecule has 0 aliphatic rings. The Balaban J connectivity index is 1.97. The smallest absolute Gasteiger partial charge is 0.246 e. The van der Waals surface area contributed by atoms with Crippen molar-refractivity contribution in [1.82, 2.24) is 20.2 Å². The van der Waals surface area contributed by atoms with Crippen molar-refractivity contribution in [3.63, 3.8) is 0 Å². The van der Waals surface area contributed by atoms with Gasteiger partial charge in [-0.15, -0.1) is 0 Å². The molecule has 0 radical (unpaired) electrons. The summed E-state index contributed by atoms with van der Waals surface area (Å²) in [5.74, 6) is 0.765. The number of hydrogen-bond acceptors (Lipinski definition) is 6. The van der Waals surface area contributed by atoms with Gasteiger partial charge in [0.25, 0.3) is 0 Å². The van der Waals surface area contributed by atoms with E-state index in [4.69, 9.17) is 9.36 Å². The molecule has 1 amide bonds. The summed E-state index contributed by atoms with van der Waals surface area (Å²) in [5, 5.41) is 5.03. The Morgan fingerprint density at radius 1 is 1.42 bits per heavy atom. The molecule has 0 aliphatic heterocycles. The third-order valence-electron chi connectivity index (χ3n) is 2.58. The van der Waals surface area contributed by atoms with Crippen molar-refractivity contribution >= 4 is 5.91 Å². The zero-order valence-electron chi connectivity index (χ0n) is 10.7. The Hall–Kier alpha value is -2.28. The van der Waals surface area contributed by atoms with Gasteiger partial charge in [-0.2, -0.15) is 4.98 Å². The molecule has 7 nitrogen and oxygen atoms in total. The zero-order chi connectivity index (χ0) is 13.7. The molecule has 19 heavy (non-hydrogen) atoms. The van der Waals surface area contributed by atoms with E-state index in [0.29, 0.717) is 18.1 Å². The maximum atomic E-state index is 11.5. The molecule has 0 aliphatic carbocycles. The van der Waals surface area contributed by atoms with Crippen molar-refractivity contribution in [2.45, 2.75) is 12.8 Å². The fourth-order valence-electron chi connectivity index (χ4n) is 1.45. The van der Waals surface area contributed by atoms with E-state index >= 15 is 0 Å². The molecule has 0 unspecified atom stereocenters. The highest BCUT2D eigenvalue weighted by atomic mass is 16.7. The normalized spacial score (nSPS) is 10.4. The molecular formula is C12H14N4O3. The molecule has 0 aromatic carbocycles. The van der Waals surface area contributed by atoms with Crippen molar-refractivity contribution in [1.29, 1.82) is 0 Å². The molecular weight excluding hydrogens is 248 g/mol. The van der Waals surface area contributed by atoms with Gasteiger partial charge < -0.3 is 4.52 Å². The minimum atomic E-state index is -0.147. The van der Waals surface area contributed by atoms with Crippen molar-refractivity contribution in [3.05, 3.63) is 30.4 Å². The minimum Gasteiger partial charge on any atom is -0.339 e. The summed E-state index contributed by atoms with van der Waals surface area (Å²) in [6, 6.07) is 3.58. The SMILES string of the molecule is CON(C)C(=O)CCc1nc(-c2ccncc2)no1. The summed E-state index contributed by atoms with van der Waals surface area (Å²) in [7, 11) is 2.99. The highest BCUT2D eigenvalue weighted by Crippen LogP contribution is 2.14. The number of aromatic nitrogens is 3. The Labute approximate surface area is 110 Å². The molecule has 0 bridgehead atoms. The molecule has 2 aromatic rings. The quantitative estimate of drug-likeness (QED) is 0.750. The van der Waals surface area contributed by atoms with Crippen molar-refractivity contribution in [3.8, 4) is 11.4 Å². The highest BCUT2D eigenvalue weighted by molar-refractivity contribution is 5.74. The van der Waals surface area contributed by atoms with Crippen LogP contribution in [0, 0.1) is 0 Å². The maximum Gasteiger partial charge on any atom is 0.246 e. The molecule has 2 rings (SSSR count). The molecule has 0 saturated heterocycles. The molecule has 0 fully saturated rings. The first-order chi connectivity index (χ1) is 9.20. The maximum absolute atomic E-state index is 11.5. The largest absolute Gasteiger partial charge is 0.339 e. The number of hydrogen-bond donors (Lipinski definition) is 0. The lowest BCUT2D eigenvalue weighted by atomic mass is 10.2. The van der Waals surface area contributed by atoms with Gasteiger partial charge in [0.15, 0.2) is 0 Å². The van der Waals surface area contributed by atoms with Gasteiger partial charge in [-0.05, 0) is 12.1 Å². The molecule has 2 aromatic heterocycles. The van der Waals surface area contributed by atoms with E-state index in [-0.39, 0.29) is 12.3 Å². The van der Waals surface area contributed by atoms with Crippen LogP contribution in [0.2, 0.25) is 0 Å². The van der Waals surface area contributed by atoms with Gasteiger partial charge >= 0.3 is 0 Å². The fraction of sp³-hybridized carbons (Fsp3) is 0.333. The second-order valence-corrected chi connectivity index (χ2v) is 3.82. The van der Waals surface area contributed by atoms with Gasteiger partial charge in [0, 0.05) is 37.8 Å². The van der Waals surface area contributed by atoms with Crippen LogP contribution in [-0.2, 0) is 16.1 Å². The van der Waals surface area contributed by atoms with Crippen molar-refractivity contribution < 1.29 is 14.2 Å². The van der Waals surface area contributed by atoms with Gasteiger partial charge in [-0.1, -0.05) is 5.16 Å². The van der Waals surface area contributed by atoms with Gasteiger partial charge in [0.05, 0.1) is 7.11 Å². The van der Waals surface area contributed by atoms with Crippen LogP contribution in [0.5, 0.6) is 0 Å². The van der Waals surface area contributed by atoms with Crippen LogP contribution in [0.3, 0.4) is 0 Å². The molecule has 0 saturated carbocycles. The molecule has 7 heteroatoms. The number of hydroxylamine groups is 2. The predicted octanol–water partition coefficient (Wildman–Crippen LogP) is 1.08. The van der Waals surface area contributed by atoms with Gasteiger partial charge in [-0.3, -0.25) is 14.6 Å². The van der Waals surface area contributed by atoms with Crippen LogP contribution >= 0.6 is 0 Å². The second-order valence-electron chi connectivity index (χ2n) is 3.82. The van der Waals surface area contributed by atoms with Gasteiger partial charge in [-0.25, -0.2) is 5.06 Å². The minimum absolute atomic E-state index is 0.147. The number of nitrogens with zero attached hydrogens (tertiary/aromatic N) is 4. The third-order valence-corrected chi connectivity index (χ3v) is 2.58. The van der Waals surface area contributed by atoms with E-state index in [0.717, 1.165) is 5.56 Å². The van der Waals surface area contributed by atoms with E-state index in [1.165, 1.54) is 12.2 Å². The Bertz CT molecular complexity index is 541. The second kappa shape index (κ2) is 6.05. The lowest BCUT2D eigenvalue weighted by Crippen LogP contribution is -2.25. The summed E-state index contributed by atoms with van der Waals surface area (Å²) in [5.41, 5.74) is 0.824. The molecule has 0 spiro atoms. The van der Waals surface area contributed by atoms with Crippen LogP contribution in [0.1, 0.15) is 12.3 Å². The summed E-state index contributed by atoms with van der Waals surface area (Å²) in [4.78, 5) is 24.4. The van der Waals surface area contributed by atoms with E-state index < -0.39 is 0 Å². The third kappa shape index (κ3) is 3.35. The number of aryl methyl sites for hydroxylation is 1. The first-order valence-electron chi connectivity index (χ1n) is 5.74. The predicted molar refractivity (Wildman–Crippen MR) is 65.6 cm³/mol. The highest BCUT2D eigenvalue weighted by Gasteiger charge is 2.12. The summed E-state index contributed by atoms with van der Waals surface area (Å²) >= 11 is 0. The fourth-order valence-corrected chi connectivity index (χ4v) is 1.45. The number of rotatable bonds is 5. The number of pyridine rings is 1. The van der Waals surface area contributed by atoms with Crippen LogP contribution in [-0.4, -0.2) is 40.3 Å². The monoisotopic (exact) mass is 262 g/mol. The summed E-state index contributed by atoms with van der Waals surface area (Å²) in [6.07, 6.45) is 3.94. The Morgan fingerprint density at radius 2 is 2.16 bits per heavy atom. The average Bonchev–Trinajstić information content (AvgIpc) is 2.93. The summed E-state index contributed by atoms with van der Waals surface area (Å²) in [6.45, 7) is 0. The van der Waals surface area contributed by atoms with Crippen LogP contribution in [0.25, 0.3) is 11.4 Å². The molecule has 2 heterocycles. The molecule has 0 N–H and O–H groups in total. The number of amides is 1. The number of carbonyl (C=O) groups excluding carboxylic acids is 1. The topological polar surface area (TPSA) is 81.4 Å². The lowest BCUT2D eigenvalue weighted by Gasteiger charge is -2.12. The van der Waals surface area contributed by atoms with Gasteiger partial charge in [0.1, 0.15) is 0 Å². The van der Waals surface area contributed by atoms with Crippen LogP contribution in [0.15, 0.2) is 29.0 Å². The summed E-state index contributed by atoms with van der Waals surface area (Å²) < 4.78 is 5.09. The van der Waals surface area contributed by atoms with E-state index in [9.17, 15) is 4.79 Å². The average molecular weight is 262 g/mol. The van der Waals surface area contributed by atoms with E-state index in [1.54, 1.807) is 31.6 Å². The zero-order valence-corrected chi connectivity index (χ0v) is 10.7. The van der Waals surface area contributed by atoms with Crippen molar-refractivity contribution in [2.75, 3.05) is 14.2 Å². The van der Waals surface area contributed by atoms with Crippen LogP contribution in [0.4, 0.5) is 0 Å². The Morgan fingerprint density at radius 3 is 2.84 bits per heavy atom. The first kappa shape index (κ1) is 13.2. The molecule has 100 valence electrons. The van der Waals surface area contributed by atoms with Gasteiger partial charge in [0.2, 0.25) is 17.6 Å². The number of carbonyl (C=O) groups is 1.